The monoisotopic (exact) mass is 271 g/mol. The van der Waals surface area contributed by atoms with Gasteiger partial charge in [-0.05, 0) is 19.8 Å². The average Bonchev–Trinajstić information content (AvgIpc) is 2.78. The first-order valence-electron chi connectivity index (χ1n) is 6.44. The minimum absolute atomic E-state index is 0.162. The first-order chi connectivity index (χ1) is 8.90. The van der Waals surface area contributed by atoms with E-state index in [0.29, 0.717) is 0 Å². The van der Waals surface area contributed by atoms with Crippen LogP contribution in [0.25, 0.3) is 0 Å². The molecule has 0 aromatic carbocycles. The SMILES string of the molecule is CC(C(=O)NC1CCCC1)N(CC(N)=O)CC(=O)O. The van der Waals surface area contributed by atoms with Crippen LogP contribution in [-0.2, 0) is 14.4 Å². The molecule has 1 atom stereocenters. The van der Waals surface area contributed by atoms with E-state index >= 15 is 0 Å². The maximum atomic E-state index is 12.0. The molecule has 0 aliphatic heterocycles. The topological polar surface area (TPSA) is 113 Å². The highest BCUT2D eigenvalue weighted by molar-refractivity contribution is 5.84. The minimum atomic E-state index is -1.10. The van der Waals surface area contributed by atoms with E-state index in [0.717, 1.165) is 25.7 Å². The van der Waals surface area contributed by atoms with Crippen LogP contribution in [0.1, 0.15) is 32.6 Å². The van der Waals surface area contributed by atoms with Gasteiger partial charge in [0.15, 0.2) is 0 Å². The number of aliphatic carboxylic acids is 1. The van der Waals surface area contributed by atoms with Crippen molar-refractivity contribution in [2.45, 2.75) is 44.7 Å². The summed E-state index contributed by atoms with van der Waals surface area (Å²) in [4.78, 5) is 34.9. The van der Waals surface area contributed by atoms with Crippen molar-refractivity contribution in [2.24, 2.45) is 5.73 Å². The van der Waals surface area contributed by atoms with Gasteiger partial charge in [0.2, 0.25) is 11.8 Å². The zero-order valence-corrected chi connectivity index (χ0v) is 11.1. The lowest BCUT2D eigenvalue weighted by Gasteiger charge is -2.26. The van der Waals surface area contributed by atoms with Gasteiger partial charge >= 0.3 is 5.97 Å². The Morgan fingerprint density at radius 2 is 1.89 bits per heavy atom. The Morgan fingerprint density at radius 3 is 2.37 bits per heavy atom. The van der Waals surface area contributed by atoms with Gasteiger partial charge in [-0.1, -0.05) is 12.8 Å². The standard InChI is InChI=1S/C12H21N3O4/c1-8(12(19)14-9-4-2-3-5-9)15(6-10(13)16)7-11(17)18/h8-9H,2-7H2,1H3,(H2,13,16)(H,14,19)(H,17,18). The van der Waals surface area contributed by atoms with Gasteiger partial charge in [-0.25, -0.2) is 0 Å². The largest absolute Gasteiger partial charge is 0.480 e. The molecule has 1 aliphatic rings. The molecule has 1 aliphatic carbocycles. The number of amides is 2. The van der Waals surface area contributed by atoms with Crippen molar-refractivity contribution < 1.29 is 19.5 Å². The second kappa shape index (κ2) is 7.08. The summed E-state index contributed by atoms with van der Waals surface area (Å²) in [6.45, 7) is 0.948. The maximum absolute atomic E-state index is 12.0. The number of carbonyl (C=O) groups is 3. The zero-order valence-electron chi connectivity index (χ0n) is 11.1. The zero-order chi connectivity index (χ0) is 14.4. The number of rotatable bonds is 7. The maximum Gasteiger partial charge on any atom is 0.317 e. The Balaban J connectivity index is 2.57. The van der Waals surface area contributed by atoms with Gasteiger partial charge in [0, 0.05) is 6.04 Å². The van der Waals surface area contributed by atoms with Crippen LogP contribution in [-0.4, -0.2) is 53.0 Å². The van der Waals surface area contributed by atoms with E-state index < -0.39 is 17.9 Å². The molecule has 0 bridgehead atoms. The van der Waals surface area contributed by atoms with E-state index in [2.05, 4.69) is 5.32 Å². The summed E-state index contributed by atoms with van der Waals surface area (Å²) >= 11 is 0. The Labute approximate surface area is 112 Å². The van der Waals surface area contributed by atoms with Crippen LogP contribution in [0.2, 0.25) is 0 Å². The molecule has 2 amide bonds. The summed E-state index contributed by atoms with van der Waals surface area (Å²) in [7, 11) is 0. The molecule has 1 saturated carbocycles. The third-order valence-electron chi connectivity index (χ3n) is 3.33. The predicted octanol–water partition coefficient (Wildman–Crippen LogP) is -0.694. The Bertz CT molecular complexity index is 337. The van der Waals surface area contributed by atoms with E-state index in [-0.39, 0.29) is 25.0 Å². The van der Waals surface area contributed by atoms with Gasteiger partial charge < -0.3 is 16.2 Å². The minimum Gasteiger partial charge on any atom is -0.480 e. The highest BCUT2D eigenvalue weighted by atomic mass is 16.4. The van der Waals surface area contributed by atoms with Crippen LogP contribution in [0.5, 0.6) is 0 Å². The van der Waals surface area contributed by atoms with Crippen molar-refractivity contribution in [3.8, 4) is 0 Å². The van der Waals surface area contributed by atoms with Gasteiger partial charge in [-0.3, -0.25) is 19.3 Å². The van der Waals surface area contributed by atoms with Crippen LogP contribution in [0.3, 0.4) is 0 Å². The summed E-state index contributed by atoms with van der Waals surface area (Å²) in [6, 6.07) is -0.528. The smallest absolute Gasteiger partial charge is 0.317 e. The van der Waals surface area contributed by atoms with E-state index in [1.807, 2.05) is 0 Å². The molecule has 0 saturated heterocycles. The van der Waals surface area contributed by atoms with Crippen molar-refractivity contribution in [1.82, 2.24) is 10.2 Å². The van der Waals surface area contributed by atoms with Crippen molar-refractivity contribution in [3.63, 3.8) is 0 Å². The molecule has 0 spiro atoms. The molecule has 1 rings (SSSR count). The number of primary amides is 1. The lowest BCUT2D eigenvalue weighted by Crippen LogP contribution is -2.51. The van der Waals surface area contributed by atoms with E-state index in [1.54, 1.807) is 6.92 Å². The number of nitrogens with two attached hydrogens (primary N) is 1. The fraction of sp³-hybridized carbons (Fsp3) is 0.750. The number of carboxylic acid groups (broad SMARTS) is 1. The lowest BCUT2D eigenvalue weighted by atomic mass is 10.2. The molecule has 0 aromatic heterocycles. The Kier molecular flexibility index (Phi) is 5.75. The molecule has 7 nitrogen and oxygen atoms in total. The van der Waals surface area contributed by atoms with Crippen LogP contribution < -0.4 is 11.1 Å². The first-order valence-corrected chi connectivity index (χ1v) is 6.44. The number of nitrogens with one attached hydrogen (secondary N) is 1. The van der Waals surface area contributed by atoms with Gasteiger partial charge in [0.1, 0.15) is 0 Å². The third kappa shape index (κ3) is 5.25. The van der Waals surface area contributed by atoms with E-state index in [1.165, 1.54) is 4.90 Å². The van der Waals surface area contributed by atoms with Crippen LogP contribution in [0.4, 0.5) is 0 Å². The van der Waals surface area contributed by atoms with Gasteiger partial charge in [-0.15, -0.1) is 0 Å². The highest BCUT2D eigenvalue weighted by Crippen LogP contribution is 2.17. The number of carboxylic acids is 1. The summed E-state index contributed by atoms with van der Waals surface area (Å²) in [5.41, 5.74) is 5.07. The quantitative estimate of drug-likeness (QED) is 0.567. The average molecular weight is 271 g/mol. The molecule has 0 heterocycles. The van der Waals surface area contributed by atoms with Crippen molar-refractivity contribution >= 4 is 17.8 Å². The molecule has 0 radical (unpaired) electrons. The first kappa shape index (κ1) is 15.4. The fourth-order valence-electron chi connectivity index (χ4n) is 2.26. The normalized spacial score (nSPS) is 17.4. The van der Waals surface area contributed by atoms with Crippen molar-refractivity contribution in [1.29, 1.82) is 0 Å². The van der Waals surface area contributed by atoms with Gasteiger partial charge in [0.05, 0.1) is 19.1 Å². The molecular formula is C12H21N3O4. The fourth-order valence-corrected chi connectivity index (χ4v) is 2.26. The van der Waals surface area contributed by atoms with Crippen molar-refractivity contribution in [3.05, 3.63) is 0 Å². The highest BCUT2D eigenvalue weighted by Gasteiger charge is 2.27. The molecular weight excluding hydrogens is 250 g/mol. The second-order valence-electron chi connectivity index (χ2n) is 4.93. The predicted molar refractivity (Wildman–Crippen MR) is 68.3 cm³/mol. The molecule has 4 N–H and O–H groups in total. The number of hydrogen-bond donors (Lipinski definition) is 3. The summed E-state index contributed by atoms with van der Waals surface area (Å²) in [6.07, 6.45) is 4.10. The van der Waals surface area contributed by atoms with Gasteiger partial charge in [-0.2, -0.15) is 0 Å². The molecule has 19 heavy (non-hydrogen) atoms. The van der Waals surface area contributed by atoms with Crippen LogP contribution >= 0.6 is 0 Å². The summed E-state index contributed by atoms with van der Waals surface area (Å²) < 4.78 is 0. The van der Waals surface area contributed by atoms with Crippen LogP contribution in [0.15, 0.2) is 0 Å². The second-order valence-corrected chi connectivity index (χ2v) is 4.93. The van der Waals surface area contributed by atoms with Crippen molar-refractivity contribution in [2.75, 3.05) is 13.1 Å². The summed E-state index contributed by atoms with van der Waals surface area (Å²) in [5, 5.41) is 11.7. The van der Waals surface area contributed by atoms with E-state index in [4.69, 9.17) is 10.8 Å². The molecule has 1 fully saturated rings. The molecule has 1 unspecified atom stereocenters. The van der Waals surface area contributed by atoms with Gasteiger partial charge in [0.25, 0.3) is 0 Å². The Hall–Kier alpha value is -1.63. The number of hydrogen-bond acceptors (Lipinski definition) is 4. The van der Waals surface area contributed by atoms with Crippen LogP contribution in [0, 0.1) is 0 Å². The lowest BCUT2D eigenvalue weighted by molar-refractivity contribution is -0.140. The third-order valence-corrected chi connectivity index (χ3v) is 3.33. The van der Waals surface area contributed by atoms with E-state index in [9.17, 15) is 14.4 Å². The number of carbonyl (C=O) groups excluding carboxylic acids is 2. The molecule has 7 heteroatoms. The number of nitrogens with zero attached hydrogens (tertiary/aromatic N) is 1. The molecule has 0 aromatic rings. The Morgan fingerprint density at radius 1 is 1.32 bits per heavy atom. The summed E-state index contributed by atoms with van der Waals surface area (Å²) in [5.74, 6) is -2.00. The molecule has 108 valence electrons.